The molecule has 2 rings (SSSR count). The molecule has 1 aliphatic rings. The Hall–Kier alpha value is -3.14. The van der Waals surface area contributed by atoms with Gasteiger partial charge in [0.15, 0.2) is 0 Å². The molecule has 0 aromatic heterocycles. The number of nitrogens with one attached hydrogen (secondary N) is 3. The number of carbonyl (C=O) groups excluding carboxylic acids is 3. The molecule has 1 aromatic carbocycles. The van der Waals surface area contributed by atoms with Crippen LogP contribution in [0.4, 0.5) is 0 Å². The largest absolute Gasteiger partial charge is 0.491 e. The van der Waals surface area contributed by atoms with Crippen LogP contribution in [0.2, 0.25) is 0 Å². The van der Waals surface area contributed by atoms with Gasteiger partial charge in [-0.15, -0.1) is 0 Å². The molecule has 0 saturated heterocycles. The van der Waals surface area contributed by atoms with Crippen molar-refractivity contribution >= 4 is 23.7 Å². The molecule has 1 aliphatic heterocycles. The summed E-state index contributed by atoms with van der Waals surface area (Å²) in [7, 11) is 0. The van der Waals surface area contributed by atoms with Crippen LogP contribution in [0, 0.1) is 0 Å². The number of fused-ring (bicyclic) bond motifs is 1. The van der Waals surface area contributed by atoms with E-state index < -0.39 is 48.4 Å². The smallest absolute Gasteiger partial charge is 0.326 e. The minimum absolute atomic E-state index is 0.0183. The average molecular weight is 393 g/mol. The highest BCUT2D eigenvalue weighted by atomic mass is 16.5. The molecule has 5 N–H and O–H groups in total. The third-order valence-corrected chi connectivity index (χ3v) is 4.11. The highest BCUT2D eigenvalue weighted by Crippen LogP contribution is 2.18. The fraction of sp³-hybridized carbons (Fsp3) is 0.444. The van der Waals surface area contributed by atoms with E-state index in [0.29, 0.717) is 0 Å². The third-order valence-electron chi connectivity index (χ3n) is 4.11. The molecule has 3 atom stereocenters. The lowest BCUT2D eigenvalue weighted by Gasteiger charge is -2.20. The topological polar surface area (TPSA) is 154 Å². The summed E-state index contributed by atoms with van der Waals surface area (Å²) in [5.74, 6) is -2.93. The Bertz CT molecular complexity index is 752. The van der Waals surface area contributed by atoms with Crippen molar-refractivity contribution in [2.75, 3.05) is 13.2 Å². The number of aliphatic hydroxyl groups is 1. The second kappa shape index (κ2) is 9.70. The maximum Gasteiger partial charge on any atom is 0.326 e. The zero-order valence-corrected chi connectivity index (χ0v) is 15.3. The second-order valence-electron chi connectivity index (χ2n) is 6.42. The minimum atomic E-state index is -1.31. The number of carboxylic acids is 1. The Morgan fingerprint density at radius 1 is 1.18 bits per heavy atom. The molecule has 0 radical (unpaired) electrons. The van der Waals surface area contributed by atoms with Crippen molar-refractivity contribution in [1.82, 2.24) is 16.0 Å². The first-order valence-electron chi connectivity index (χ1n) is 8.78. The van der Waals surface area contributed by atoms with E-state index in [1.54, 1.807) is 25.1 Å². The summed E-state index contributed by atoms with van der Waals surface area (Å²) in [5, 5.41) is 26.0. The fourth-order valence-corrected chi connectivity index (χ4v) is 2.61. The first kappa shape index (κ1) is 21.2. The molecule has 0 aliphatic carbocycles. The lowest BCUT2D eigenvalue weighted by Crippen LogP contribution is -2.52. The van der Waals surface area contributed by atoms with Gasteiger partial charge in [0.1, 0.15) is 24.4 Å². The van der Waals surface area contributed by atoms with Gasteiger partial charge in [-0.3, -0.25) is 14.4 Å². The number of benzene rings is 1. The molecule has 152 valence electrons. The summed E-state index contributed by atoms with van der Waals surface area (Å²) < 4.78 is 5.61. The van der Waals surface area contributed by atoms with E-state index in [1.165, 1.54) is 6.07 Å². The molecule has 0 fully saturated rings. The van der Waals surface area contributed by atoms with E-state index in [2.05, 4.69) is 16.0 Å². The molecule has 1 aromatic rings. The van der Waals surface area contributed by atoms with Gasteiger partial charge in [-0.25, -0.2) is 4.79 Å². The first-order valence-corrected chi connectivity index (χ1v) is 8.78. The summed E-state index contributed by atoms with van der Waals surface area (Å²) >= 11 is 0. The quantitative estimate of drug-likeness (QED) is 0.433. The number of hydrogen-bond donors (Lipinski definition) is 5. The van der Waals surface area contributed by atoms with E-state index in [9.17, 15) is 29.4 Å². The van der Waals surface area contributed by atoms with Gasteiger partial charge >= 0.3 is 5.97 Å². The predicted molar refractivity (Wildman–Crippen MR) is 96.7 cm³/mol. The predicted octanol–water partition coefficient (Wildman–Crippen LogP) is -0.976. The maximum atomic E-state index is 12.5. The molecule has 0 saturated carbocycles. The molecule has 1 heterocycles. The Balaban J connectivity index is 2.30. The van der Waals surface area contributed by atoms with Gasteiger partial charge in [0.05, 0.1) is 18.2 Å². The number of carbonyl (C=O) groups is 4. The van der Waals surface area contributed by atoms with Crippen LogP contribution in [-0.2, 0) is 14.4 Å². The molecular weight excluding hydrogens is 370 g/mol. The van der Waals surface area contributed by atoms with Crippen LogP contribution in [0.1, 0.15) is 30.1 Å². The molecule has 0 unspecified atom stereocenters. The van der Waals surface area contributed by atoms with Gasteiger partial charge in [-0.1, -0.05) is 12.1 Å². The molecule has 3 amide bonds. The minimum Gasteiger partial charge on any atom is -0.491 e. The number of aliphatic carboxylic acids is 1. The van der Waals surface area contributed by atoms with Crippen LogP contribution in [-0.4, -0.2) is 65.2 Å². The molecule has 0 bridgehead atoms. The van der Waals surface area contributed by atoms with Crippen molar-refractivity contribution in [3.05, 3.63) is 29.8 Å². The van der Waals surface area contributed by atoms with Crippen LogP contribution in [0.3, 0.4) is 0 Å². The van der Waals surface area contributed by atoms with Crippen LogP contribution in [0.25, 0.3) is 0 Å². The number of rotatable bonds is 2. The number of hydrogen-bond acceptors (Lipinski definition) is 6. The van der Waals surface area contributed by atoms with E-state index in [-0.39, 0.29) is 30.8 Å². The van der Waals surface area contributed by atoms with Gasteiger partial charge in [0.2, 0.25) is 11.8 Å². The lowest BCUT2D eigenvalue weighted by molar-refractivity contribution is -0.139. The molecule has 0 spiro atoms. The van der Waals surface area contributed by atoms with Crippen molar-refractivity contribution in [1.29, 1.82) is 0 Å². The highest BCUT2D eigenvalue weighted by Gasteiger charge is 2.26. The Kier molecular flexibility index (Phi) is 7.33. The summed E-state index contributed by atoms with van der Waals surface area (Å²) in [6.07, 6.45) is -0.444. The number of amides is 3. The van der Waals surface area contributed by atoms with Crippen LogP contribution in [0.5, 0.6) is 5.75 Å². The number of para-hydroxylation sites is 1. The summed E-state index contributed by atoms with van der Waals surface area (Å²) in [4.78, 5) is 48.2. The summed E-state index contributed by atoms with van der Waals surface area (Å²) in [6, 6.07) is 3.34. The highest BCUT2D eigenvalue weighted by molar-refractivity contribution is 5.99. The average Bonchev–Trinajstić information content (AvgIpc) is 2.66. The summed E-state index contributed by atoms with van der Waals surface area (Å²) in [6.45, 7) is 1.06. The summed E-state index contributed by atoms with van der Waals surface area (Å²) in [5.41, 5.74) is 0.139. The molecule has 10 nitrogen and oxygen atoms in total. The normalized spacial score (nSPS) is 24.4. The van der Waals surface area contributed by atoms with Gasteiger partial charge < -0.3 is 30.9 Å². The maximum absolute atomic E-state index is 12.5. The molecule has 28 heavy (non-hydrogen) atoms. The lowest BCUT2D eigenvalue weighted by atomic mass is 10.1. The van der Waals surface area contributed by atoms with Gasteiger partial charge in [-0.05, 0) is 25.5 Å². The van der Waals surface area contributed by atoms with E-state index in [0.717, 1.165) is 0 Å². The Morgan fingerprint density at radius 3 is 2.57 bits per heavy atom. The third kappa shape index (κ3) is 5.68. The number of ether oxygens (including phenoxy) is 1. The van der Waals surface area contributed by atoms with E-state index in [1.807, 2.05) is 0 Å². The van der Waals surface area contributed by atoms with Crippen molar-refractivity contribution in [2.45, 2.75) is 37.9 Å². The first-order chi connectivity index (χ1) is 13.3. The van der Waals surface area contributed by atoms with Crippen LogP contribution in [0.15, 0.2) is 24.3 Å². The standard InChI is InChI=1S/C18H23N3O7/c1-10-9-28-14-5-3-2-4-11(14)16(24)21-12(18(26)27)6-7-15(23)20-13(8-22)17(25)19-10/h2-5,10,12-13,22H,6-9H2,1H3,(H,19,25)(H,20,23)(H,21,24)(H,26,27)/t10-,12-,13-/m0/s1. The van der Waals surface area contributed by atoms with Gasteiger partial charge in [-0.2, -0.15) is 0 Å². The van der Waals surface area contributed by atoms with E-state index in [4.69, 9.17) is 4.74 Å². The Labute approximate surface area is 161 Å². The molecule has 10 heteroatoms. The zero-order chi connectivity index (χ0) is 20.7. The zero-order valence-electron chi connectivity index (χ0n) is 15.3. The fourth-order valence-electron chi connectivity index (χ4n) is 2.61. The van der Waals surface area contributed by atoms with Crippen molar-refractivity contribution in [2.24, 2.45) is 0 Å². The SMILES string of the molecule is C[C@H]1COc2ccccc2C(=O)N[C@H](C(=O)O)CCC(=O)N[C@@H](CO)C(=O)N1. The molecular formula is C18H23N3O7. The van der Waals surface area contributed by atoms with Crippen molar-refractivity contribution < 1.29 is 34.1 Å². The monoisotopic (exact) mass is 393 g/mol. The second-order valence-corrected chi connectivity index (χ2v) is 6.42. The van der Waals surface area contributed by atoms with E-state index >= 15 is 0 Å². The van der Waals surface area contributed by atoms with Gasteiger partial charge in [0, 0.05) is 6.42 Å². The van der Waals surface area contributed by atoms with Gasteiger partial charge in [0.25, 0.3) is 5.91 Å². The number of carboxylic acid groups (broad SMARTS) is 1. The Morgan fingerprint density at radius 2 is 1.89 bits per heavy atom. The van der Waals surface area contributed by atoms with Crippen molar-refractivity contribution in [3.8, 4) is 5.75 Å². The van der Waals surface area contributed by atoms with Crippen LogP contribution >= 0.6 is 0 Å². The number of aliphatic hydroxyl groups excluding tert-OH is 1. The van der Waals surface area contributed by atoms with Crippen LogP contribution < -0.4 is 20.7 Å². The van der Waals surface area contributed by atoms with Crippen molar-refractivity contribution in [3.63, 3.8) is 0 Å².